The van der Waals surface area contributed by atoms with Crippen LogP contribution in [0.2, 0.25) is 0 Å². The van der Waals surface area contributed by atoms with Crippen molar-refractivity contribution in [2.45, 2.75) is 33.1 Å². The van der Waals surface area contributed by atoms with E-state index in [1.54, 1.807) is 72.8 Å². The minimum Gasteiger partial charge on any atom is -0.478 e. The van der Waals surface area contributed by atoms with Crippen molar-refractivity contribution in [3.63, 3.8) is 0 Å². The number of nitrogens with one attached hydrogen (secondary N) is 2. The first-order valence-electron chi connectivity index (χ1n) is 31.8. The van der Waals surface area contributed by atoms with Crippen molar-refractivity contribution in [2.75, 3.05) is 21.3 Å². The molecule has 0 saturated heterocycles. The molecule has 540 valence electrons. The molecule has 0 unspecified atom stereocenters. The van der Waals surface area contributed by atoms with Gasteiger partial charge in [-0.25, -0.2) is 28.8 Å². The van der Waals surface area contributed by atoms with E-state index in [4.69, 9.17) is 26.5 Å². The Morgan fingerprint density at radius 3 is 1.11 bits per heavy atom. The van der Waals surface area contributed by atoms with Crippen LogP contribution in [0, 0.1) is 34.9 Å². The number of halogens is 3. The Balaban J connectivity index is 0.000000210. The summed E-state index contributed by atoms with van der Waals surface area (Å²) in [6, 6.07) is 75.5. The number of carboxylic acid groups (broad SMARTS) is 3. The van der Waals surface area contributed by atoms with Crippen LogP contribution < -0.4 is 10.9 Å². The van der Waals surface area contributed by atoms with Crippen molar-refractivity contribution >= 4 is 138 Å². The highest BCUT2D eigenvalue weighted by molar-refractivity contribution is 14.1. The lowest BCUT2D eigenvalue weighted by molar-refractivity contribution is 0.0591. The van der Waals surface area contributed by atoms with E-state index in [1.165, 1.54) is 84.6 Å². The highest BCUT2D eigenvalue weighted by atomic mass is 127. The molecule has 0 bridgehead atoms. The van der Waals surface area contributed by atoms with Crippen LogP contribution in [-0.4, -0.2) is 107 Å². The summed E-state index contributed by atoms with van der Waals surface area (Å²) in [5.41, 5.74) is 18.2. The van der Waals surface area contributed by atoms with Crippen LogP contribution in [0.4, 0.5) is 0 Å². The summed E-state index contributed by atoms with van der Waals surface area (Å²) in [6.07, 6.45) is 7.86. The van der Waals surface area contributed by atoms with Gasteiger partial charge in [0, 0.05) is 53.1 Å². The second-order valence-electron chi connectivity index (χ2n) is 22.1. The standard InChI is InChI=1S/C25H18N2O2.C17H13IN2O2.C16H13IN2O4.C9H8O4.C9H8.C7H5IO2.CH4/c28-25(29)21-14-12-20(13-15-21)23-17-24(27-26-23)22-11-5-10-19(16-22)9-4-8-18-6-2-1-3-7-18;1-22-17(21)12-7-5-11(6-8-12)15-10-16(20-19-15)13-3-2-4-14(18)9-13;1-23-16(22)11-7-5-10(6-8-11)14(20)18-19-15(21)12-3-2-4-13(17)9-12;1-13-9(12)7-4-2-6(3-5-7)8(10)11;1-2-6-9-7-4-3-5-8-9;8-6-3-1-2-5(4-6)7(9)10;/h1-3,5-7,10-16H,8,17H2,(H,28,29);2-9H,10H2,1H3;2-9H,1H3,(H,18,20)(H,19,21);2-5H,1H3,(H,10,11);1,3-5,7-8H,6H2;1-4H,(H,9,10);1H4. The third-order valence-electron chi connectivity index (χ3n) is 14.8. The van der Waals surface area contributed by atoms with Crippen molar-refractivity contribution in [2.24, 2.45) is 20.4 Å². The molecular formula is C84H69I3N6O14. The van der Waals surface area contributed by atoms with Crippen molar-refractivity contribution in [1.82, 2.24) is 10.9 Å². The monoisotopic (exact) mass is 1770 g/mol. The lowest BCUT2D eigenvalue weighted by Crippen LogP contribution is -2.41. The summed E-state index contributed by atoms with van der Waals surface area (Å²) in [7, 11) is 3.93. The largest absolute Gasteiger partial charge is 0.478 e. The number of carbonyl (C=O) groups is 8. The summed E-state index contributed by atoms with van der Waals surface area (Å²) in [5.74, 6) is 4.00. The average Bonchev–Trinajstić information content (AvgIpc) is 1.71. The van der Waals surface area contributed by atoms with Gasteiger partial charge >= 0.3 is 35.8 Å². The molecule has 2 aliphatic rings. The van der Waals surface area contributed by atoms with Gasteiger partial charge in [0.1, 0.15) is 0 Å². The zero-order valence-corrected chi connectivity index (χ0v) is 63.4. The summed E-state index contributed by atoms with van der Waals surface area (Å²) in [4.78, 5) is 89.3. The van der Waals surface area contributed by atoms with E-state index in [0.717, 1.165) is 64.2 Å². The lowest BCUT2D eigenvalue weighted by Gasteiger charge is -2.08. The fraction of sp³-hybridized carbons (Fsp3) is 0.0952. The summed E-state index contributed by atoms with van der Waals surface area (Å²) in [5, 5.41) is 43.3. The smallest absolute Gasteiger partial charge is 0.337 e. The molecule has 0 aliphatic carbocycles. The highest BCUT2D eigenvalue weighted by Crippen LogP contribution is 2.21. The molecule has 0 spiro atoms. The molecule has 20 nitrogen and oxygen atoms in total. The number of carbonyl (C=O) groups excluding carboxylic acids is 5. The van der Waals surface area contributed by atoms with Gasteiger partial charge in [0.05, 0.1) is 77.6 Å². The average molecular weight is 1770 g/mol. The fourth-order valence-electron chi connectivity index (χ4n) is 9.31. The number of carboxylic acids is 3. The van der Waals surface area contributed by atoms with E-state index in [2.05, 4.69) is 144 Å². The number of aromatic carboxylic acids is 3. The molecule has 0 aromatic heterocycles. The molecule has 12 rings (SSSR count). The van der Waals surface area contributed by atoms with Crippen molar-refractivity contribution < 1.29 is 67.9 Å². The Morgan fingerprint density at radius 1 is 0.374 bits per heavy atom. The fourth-order valence-corrected chi connectivity index (χ4v) is 10.9. The number of terminal acetylenes is 1. The van der Waals surface area contributed by atoms with Crippen LogP contribution in [0.1, 0.15) is 142 Å². The number of hydrogen-bond donors (Lipinski definition) is 5. The molecule has 2 amide bonds. The molecular weight excluding hydrogens is 1700 g/mol. The molecule has 107 heavy (non-hydrogen) atoms. The summed E-state index contributed by atoms with van der Waals surface area (Å²) in [6.45, 7) is 0. The topological polar surface area (TPSA) is 298 Å². The van der Waals surface area contributed by atoms with Crippen LogP contribution in [0.25, 0.3) is 0 Å². The van der Waals surface area contributed by atoms with Crippen LogP contribution in [0.3, 0.4) is 0 Å². The number of amides is 2. The van der Waals surface area contributed by atoms with Crippen LogP contribution in [0.5, 0.6) is 0 Å². The number of hydrazine groups is 1. The second kappa shape index (κ2) is 43.9. The normalized spacial score (nSPS) is 11.0. The number of ether oxygens (including phenoxy) is 3. The number of nitrogens with zero attached hydrogens (tertiary/aromatic N) is 4. The SMILES string of the molecule is C.C#CCc1ccccc1.COC(=O)c1ccc(C(=O)NNC(=O)c2cccc(I)c2)cc1.COC(=O)c1ccc(C(=O)O)cc1.COC(=O)c1ccc(C2=NN=C(c3cccc(I)c3)C2)cc1.O=C(O)c1ccc(C2=NN=C(c3cccc(C#CCc4ccccc4)c3)C2)cc1.O=C(O)c1cccc(I)c1. The Hall–Kier alpha value is -12.1. The van der Waals surface area contributed by atoms with Gasteiger partial charge in [0.15, 0.2) is 0 Å². The highest BCUT2D eigenvalue weighted by Gasteiger charge is 2.20. The Kier molecular flexibility index (Phi) is 34.4. The first-order valence-corrected chi connectivity index (χ1v) is 35.0. The Labute approximate surface area is 659 Å². The summed E-state index contributed by atoms with van der Waals surface area (Å²) >= 11 is 6.46. The maximum atomic E-state index is 12.0. The minimum absolute atomic E-state index is 0. The van der Waals surface area contributed by atoms with E-state index in [9.17, 15) is 38.4 Å². The quantitative estimate of drug-likeness (QED) is 0.0222. The van der Waals surface area contributed by atoms with Gasteiger partial charge in [-0.1, -0.05) is 141 Å². The van der Waals surface area contributed by atoms with E-state index in [1.807, 2.05) is 115 Å². The zero-order chi connectivity index (χ0) is 76.3. The first-order chi connectivity index (χ1) is 51.1. The van der Waals surface area contributed by atoms with Gasteiger partial charge in [-0.15, -0.1) is 12.3 Å². The summed E-state index contributed by atoms with van der Waals surface area (Å²) < 4.78 is 16.8. The van der Waals surface area contributed by atoms with Gasteiger partial charge in [-0.3, -0.25) is 20.4 Å². The number of methoxy groups -OCH3 is 3. The van der Waals surface area contributed by atoms with Gasteiger partial charge in [-0.2, -0.15) is 20.4 Å². The number of esters is 3. The first kappa shape index (κ1) is 83.9. The van der Waals surface area contributed by atoms with Crippen LogP contribution >= 0.6 is 67.8 Å². The van der Waals surface area contributed by atoms with Crippen LogP contribution in [0.15, 0.2) is 275 Å². The molecule has 2 heterocycles. The van der Waals surface area contributed by atoms with E-state index < -0.39 is 41.7 Å². The predicted molar refractivity (Wildman–Crippen MR) is 438 cm³/mol. The van der Waals surface area contributed by atoms with Gasteiger partial charge in [0.2, 0.25) is 0 Å². The van der Waals surface area contributed by atoms with E-state index >= 15 is 0 Å². The zero-order valence-electron chi connectivity index (χ0n) is 56.9. The second-order valence-corrected chi connectivity index (χ2v) is 25.8. The van der Waals surface area contributed by atoms with Gasteiger partial charge < -0.3 is 29.5 Å². The number of hydrogen-bond acceptors (Lipinski definition) is 15. The molecule has 5 N–H and O–H groups in total. The van der Waals surface area contributed by atoms with Crippen LogP contribution in [-0.2, 0) is 27.1 Å². The number of rotatable bonds is 14. The molecule has 23 heteroatoms. The Bertz CT molecular complexity index is 5010. The lowest BCUT2D eigenvalue weighted by atomic mass is 9.99. The van der Waals surface area contributed by atoms with Gasteiger partial charge in [0.25, 0.3) is 11.8 Å². The van der Waals surface area contributed by atoms with Crippen molar-refractivity contribution in [3.05, 3.63) is 349 Å². The maximum Gasteiger partial charge on any atom is 0.337 e. The van der Waals surface area contributed by atoms with Gasteiger partial charge in [-0.05, 0) is 235 Å². The minimum atomic E-state index is -1.02. The molecule has 0 fully saturated rings. The predicted octanol–water partition coefficient (Wildman–Crippen LogP) is 16.1. The third-order valence-corrected chi connectivity index (χ3v) is 16.8. The van der Waals surface area contributed by atoms with E-state index in [-0.39, 0.29) is 24.5 Å². The number of benzene rings is 10. The van der Waals surface area contributed by atoms with E-state index in [0.29, 0.717) is 52.6 Å². The molecule has 0 saturated carbocycles. The molecule has 0 radical (unpaired) electrons. The molecule has 10 aromatic rings. The van der Waals surface area contributed by atoms with Crippen molar-refractivity contribution in [3.8, 4) is 24.2 Å². The molecule has 0 atom stereocenters. The molecule has 10 aromatic carbocycles. The Morgan fingerprint density at radius 2 is 0.710 bits per heavy atom. The molecule has 2 aliphatic heterocycles. The van der Waals surface area contributed by atoms with Crippen molar-refractivity contribution in [1.29, 1.82) is 0 Å². The maximum absolute atomic E-state index is 12.0. The third kappa shape index (κ3) is 27.5.